The number of fused-ring (bicyclic) bond motifs is 1. The first-order valence-corrected chi connectivity index (χ1v) is 13.8. The van der Waals surface area contributed by atoms with Gasteiger partial charge in [0.15, 0.2) is 5.75 Å². The zero-order chi connectivity index (χ0) is 28.5. The van der Waals surface area contributed by atoms with E-state index in [1.165, 1.54) is 25.7 Å². The Labute approximate surface area is 232 Å². The summed E-state index contributed by atoms with van der Waals surface area (Å²) in [5, 5.41) is 40.6. The highest BCUT2D eigenvalue weighted by Crippen LogP contribution is 2.37. The molecule has 1 aliphatic heterocycles. The standard InChI is InChI=1S/C30H38O10/c1-2-3-4-5-6-10-15-36-20-13-14-21-22(16-20)38-29(35)28(27(21)37-18-19-11-8-7-9-12-19)40-30-26(34)25(33)24(32)23(17-31)39-30/h7-9,11-14,16,23-26,30-34H,2-6,10,15,17-18H2,1H3/t23-,24-,25+,26-,30+/m1/s1. The maximum absolute atomic E-state index is 13.1. The molecule has 1 fully saturated rings. The lowest BCUT2D eigenvalue weighted by atomic mass is 9.99. The average Bonchev–Trinajstić information content (AvgIpc) is 2.97. The van der Waals surface area contributed by atoms with Gasteiger partial charge in [-0.2, -0.15) is 0 Å². The quantitative estimate of drug-likeness (QED) is 0.172. The fraction of sp³-hybridized carbons (Fsp3) is 0.500. The molecule has 0 unspecified atom stereocenters. The smallest absolute Gasteiger partial charge is 0.383 e. The summed E-state index contributed by atoms with van der Waals surface area (Å²) in [7, 11) is 0. The number of benzene rings is 2. The SMILES string of the molecule is CCCCCCCCOc1ccc2c(OCc3ccccc3)c(O[C@@H]3O[C@H](CO)[C@@H](O)[C@H](O)[C@H]3O)c(=O)oc2c1. The minimum atomic E-state index is -1.72. The van der Waals surface area contributed by atoms with Crippen LogP contribution in [0.15, 0.2) is 57.7 Å². The van der Waals surface area contributed by atoms with E-state index in [1.54, 1.807) is 18.2 Å². The summed E-state index contributed by atoms with van der Waals surface area (Å²) in [5.41, 5.74) is 0.150. The highest BCUT2D eigenvalue weighted by atomic mass is 16.7. The molecule has 0 radical (unpaired) electrons. The molecule has 0 saturated carbocycles. The van der Waals surface area contributed by atoms with Crippen molar-refractivity contribution in [3.63, 3.8) is 0 Å². The van der Waals surface area contributed by atoms with E-state index >= 15 is 0 Å². The minimum Gasteiger partial charge on any atom is -0.493 e. The number of hydrogen-bond donors (Lipinski definition) is 4. The lowest BCUT2D eigenvalue weighted by molar-refractivity contribution is -0.278. The molecule has 40 heavy (non-hydrogen) atoms. The summed E-state index contributed by atoms with van der Waals surface area (Å²) >= 11 is 0. The van der Waals surface area contributed by atoms with E-state index in [0.29, 0.717) is 17.7 Å². The predicted molar refractivity (Wildman–Crippen MR) is 147 cm³/mol. The van der Waals surface area contributed by atoms with Crippen LogP contribution in [-0.2, 0) is 11.3 Å². The fourth-order valence-electron chi connectivity index (χ4n) is 4.55. The Balaban J connectivity index is 1.58. The van der Waals surface area contributed by atoms with Crippen LogP contribution in [-0.4, -0.2) is 64.3 Å². The van der Waals surface area contributed by atoms with Gasteiger partial charge in [0.1, 0.15) is 42.4 Å². The highest BCUT2D eigenvalue weighted by molar-refractivity contribution is 5.86. The van der Waals surface area contributed by atoms with Crippen molar-refractivity contribution >= 4 is 11.0 Å². The van der Waals surface area contributed by atoms with Crippen LogP contribution in [0.4, 0.5) is 0 Å². The van der Waals surface area contributed by atoms with Crippen LogP contribution in [0, 0.1) is 0 Å². The number of aliphatic hydroxyl groups is 4. The molecule has 3 aromatic rings. The molecule has 218 valence electrons. The second kappa shape index (κ2) is 14.5. The molecule has 4 N–H and O–H groups in total. The summed E-state index contributed by atoms with van der Waals surface area (Å²) in [6.07, 6.45) is -0.938. The van der Waals surface area contributed by atoms with Crippen molar-refractivity contribution in [1.82, 2.24) is 0 Å². The number of aliphatic hydroxyl groups excluding tert-OH is 4. The molecule has 2 heterocycles. The number of hydrogen-bond acceptors (Lipinski definition) is 10. The lowest BCUT2D eigenvalue weighted by Crippen LogP contribution is -2.60. The topological polar surface area (TPSA) is 148 Å². The van der Waals surface area contributed by atoms with Crippen molar-refractivity contribution in [2.75, 3.05) is 13.2 Å². The Bertz CT molecular complexity index is 1260. The van der Waals surface area contributed by atoms with Gasteiger partial charge in [0, 0.05) is 6.07 Å². The molecule has 0 aliphatic carbocycles. The van der Waals surface area contributed by atoms with Gasteiger partial charge in [-0.3, -0.25) is 0 Å². The van der Waals surface area contributed by atoms with Gasteiger partial charge in [-0.05, 0) is 24.1 Å². The normalized spacial score (nSPS) is 22.8. The van der Waals surface area contributed by atoms with E-state index in [0.717, 1.165) is 18.4 Å². The molecule has 2 aromatic carbocycles. The van der Waals surface area contributed by atoms with Crippen LogP contribution >= 0.6 is 0 Å². The summed E-state index contributed by atoms with van der Waals surface area (Å²) in [6, 6.07) is 14.3. The second-order valence-electron chi connectivity index (χ2n) is 9.91. The van der Waals surface area contributed by atoms with Crippen LogP contribution in [0.5, 0.6) is 17.2 Å². The predicted octanol–water partition coefficient (Wildman–Crippen LogP) is 3.29. The van der Waals surface area contributed by atoms with Crippen molar-refractivity contribution < 1.29 is 43.8 Å². The Morgan fingerprint density at radius 1 is 0.850 bits per heavy atom. The third-order valence-corrected chi connectivity index (χ3v) is 6.87. The molecule has 10 nitrogen and oxygen atoms in total. The Hall–Kier alpha value is -3.15. The van der Waals surface area contributed by atoms with Crippen LogP contribution < -0.4 is 19.8 Å². The van der Waals surface area contributed by atoms with E-state index in [1.807, 2.05) is 30.3 Å². The minimum absolute atomic E-state index is 0.0505. The van der Waals surface area contributed by atoms with Gasteiger partial charge in [0.05, 0.1) is 18.6 Å². The van der Waals surface area contributed by atoms with E-state index < -0.39 is 42.9 Å². The summed E-state index contributed by atoms with van der Waals surface area (Å²) < 4.78 is 28.6. The van der Waals surface area contributed by atoms with Crippen LogP contribution in [0.1, 0.15) is 51.0 Å². The molecule has 1 aromatic heterocycles. The van der Waals surface area contributed by atoms with Crippen LogP contribution in [0.3, 0.4) is 0 Å². The van der Waals surface area contributed by atoms with Crippen molar-refractivity contribution in [2.24, 2.45) is 0 Å². The summed E-state index contributed by atoms with van der Waals surface area (Å²) in [6.45, 7) is 2.18. The number of rotatable bonds is 14. The molecular formula is C30H38O10. The molecule has 0 bridgehead atoms. The first kappa shape index (κ1) is 29.8. The first-order valence-electron chi connectivity index (χ1n) is 13.8. The summed E-state index contributed by atoms with van der Waals surface area (Å²) in [5.74, 6) is 0.212. The zero-order valence-corrected chi connectivity index (χ0v) is 22.6. The van der Waals surface area contributed by atoms with Gasteiger partial charge >= 0.3 is 5.63 Å². The van der Waals surface area contributed by atoms with Crippen molar-refractivity contribution in [3.05, 3.63) is 64.5 Å². The molecule has 4 rings (SSSR count). The Morgan fingerprint density at radius 2 is 1.60 bits per heavy atom. The maximum atomic E-state index is 13.1. The lowest BCUT2D eigenvalue weighted by Gasteiger charge is -2.39. The third kappa shape index (κ3) is 7.32. The molecule has 5 atom stereocenters. The Kier molecular flexibility index (Phi) is 10.8. The molecule has 0 spiro atoms. The van der Waals surface area contributed by atoms with E-state index in [-0.39, 0.29) is 23.7 Å². The largest absolute Gasteiger partial charge is 0.493 e. The number of ether oxygens (including phenoxy) is 4. The molecule has 1 saturated heterocycles. The Morgan fingerprint density at radius 3 is 2.35 bits per heavy atom. The molecule has 1 aliphatic rings. The van der Waals surface area contributed by atoms with Gasteiger partial charge in [0.25, 0.3) is 5.75 Å². The fourth-order valence-corrected chi connectivity index (χ4v) is 4.55. The highest BCUT2D eigenvalue weighted by Gasteiger charge is 2.45. The average molecular weight is 559 g/mol. The monoisotopic (exact) mass is 558 g/mol. The van der Waals surface area contributed by atoms with E-state index in [4.69, 9.17) is 23.4 Å². The second-order valence-corrected chi connectivity index (χ2v) is 9.91. The van der Waals surface area contributed by atoms with Gasteiger partial charge in [0.2, 0.25) is 6.29 Å². The van der Waals surface area contributed by atoms with E-state index in [2.05, 4.69) is 6.92 Å². The van der Waals surface area contributed by atoms with E-state index in [9.17, 15) is 25.2 Å². The summed E-state index contributed by atoms with van der Waals surface area (Å²) in [4.78, 5) is 13.1. The number of unbranched alkanes of at least 4 members (excludes halogenated alkanes) is 5. The van der Waals surface area contributed by atoms with Crippen LogP contribution in [0.25, 0.3) is 11.0 Å². The van der Waals surface area contributed by atoms with Gasteiger partial charge in [-0.1, -0.05) is 69.4 Å². The van der Waals surface area contributed by atoms with Gasteiger partial charge < -0.3 is 43.8 Å². The zero-order valence-electron chi connectivity index (χ0n) is 22.6. The van der Waals surface area contributed by atoms with Crippen molar-refractivity contribution in [3.8, 4) is 17.2 Å². The molecule has 0 amide bonds. The first-order chi connectivity index (χ1) is 19.4. The van der Waals surface area contributed by atoms with Crippen molar-refractivity contribution in [1.29, 1.82) is 0 Å². The van der Waals surface area contributed by atoms with Crippen molar-refractivity contribution in [2.45, 2.75) is 82.8 Å². The maximum Gasteiger partial charge on any atom is 0.383 e. The molecule has 10 heteroatoms. The third-order valence-electron chi connectivity index (χ3n) is 6.87. The molecular weight excluding hydrogens is 520 g/mol. The van der Waals surface area contributed by atoms with Crippen LogP contribution in [0.2, 0.25) is 0 Å². The van der Waals surface area contributed by atoms with Gasteiger partial charge in [-0.15, -0.1) is 0 Å². The van der Waals surface area contributed by atoms with Gasteiger partial charge in [-0.25, -0.2) is 4.79 Å².